The van der Waals surface area contributed by atoms with Gasteiger partial charge in [0, 0.05) is 10.4 Å². The number of rotatable bonds is 4. The molecule has 2 N–H and O–H groups in total. The number of carbonyl (C=O) groups is 3. The number of hydrogen-bond acceptors (Lipinski definition) is 5. The van der Waals surface area contributed by atoms with Gasteiger partial charge in [0.1, 0.15) is 5.00 Å². The number of aryl methyl sites for hydroxylation is 2. The van der Waals surface area contributed by atoms with Crippen LogP contribution in [0.2, 0.25) is 0 Å². The maximum Gasteiger partial charge on any atom is 0.414 e. The van der Waals surface area contributed by atoms with Gasteiger partial charge in [-0.2, -0.15) is 0 Å². The summed E-state index contributed by atoms with van der Waals surface area (Å²) in [6.45, 7) is 7.88. The van der Waals surface area contributed by atoms with Gasteiger partial charge in [0.2, 0.25) is 0 Å². The van der Waals surface area contributed by atoms with Gasteiger partial charge in [0.25, 0.3) is 11.8 Å². The number of carbonyl (C=O) groups excluding carboxylic acids is 3. The molecule has 0 fully saturated rings. The van der Waals surface area contributed by atoms with E-state index in [9.17, 15) is 14.4 Å². The average molecular weight is 415 g/mol. The van der Waals surface area contributed by atoms with E-state index < -0.39 is 12.0 Å². The van der Waals surface area contributed by atoms with Crippen molar-refractivity contribution >= 4 is 34.2 Å². The van der Waals surface area contributed by atoms with Crippen LogP contribution < -0.4 is 10.6 Å². The van der Waals surface area contributed by atoms with E-state index in [1.54, 1.807) is 13.0 Å². The van der Waals surface area contributed by atoms with Crippen molar-refractivity contribution in [3.05, 3.63) is 50.9 Å². The van der Waals surface area contributed by atoms with Gasteiger partial charge in [-0.3, -0.25) is 14.9 Å². The highest BCUT2D eigenvalue weighted by Crippen LogP contribution is 2.40. The molecule has 0 bridgehead atoms. The fourth-order valence-electron chi connectivity index (χ4n) is 3.64. The molecule has 3 rings (SSSR count). The minimum absolute atomic E-state index is 0.175. The van der Waals surface area contributed by atoms with E-state index in [2.05, 4.69) is 17.6 Å². The van der Waals surface area contributed by atoms with Gasteiger partial charge in [-0.15, -0.1) is 11.3 Å². The lowest BCUT2D eigenvalue weighted by atomic mass is 9.88. The van der Waals surface area contributed by atoms with Crippen LogP contribution in [0.4, 0.5) is 9.80 Å². The van der Waals surface area contributed by atoms with Crippen molar-refractivity contribution in [3.8, 4) is 0 Å². The lowest BCUT2D eigenvalue weighted by Gasteiger charge is -2.18. The Balaban J connectivity index is 1.93. The smallest absolute Gasteiger partial charge is 0.414 e. The third-order valence-corrected chi connectivity index (χ3v) is 6.25. The second-order valence-electron chi connectivity index (χ2n) is 7.50. The molecule has 7 heteroatoms. The van der Waals surface area contributed by atoms with E-state index >= 15 is 0 Å². The molecule has 2 aromatic rings. The van der Waals surface area contributed by atoms with Crippen molar-refractivity contribution < 1.29 is 19.1 Å². The minimum Gasteiger partial charge on any atom is -0.450 e. The number of fused-ring (bicyclic) bond motifs is 1. The van der Waals surface area contributed by atoms with Crippen molar-refractivity contribution in [1.29, 1.82) is 0 Å². The molecule has 1 aromatic heterocycles. The largest absolute Gasteiger partial charge is 0.450 e. The van der Waals surface area contributed by atoms with E-state index in [1.807, 2.05) is 26.0 Å². The lowest BCUT2D eigenvalue weighted by molar-refractivity contribution is 0.0925. The Morgan fingerprint density at radius 3 is 2.66 bits per heavy atom. The van der Waals surface area contributed by atoms with Crippen LogP contribution >= 0.6 is 11.3 Å². The van der Waals surface area contributed by atoms with Crippen LogP contribution in [0.15, 0.2) is 18.2 Å². The summed E-state index contributed by atoms with van der Waals surface area (Å²) >= 11 is 1.42. The molecule has 1 atom stereocenters. The molecule has 29 heavy (non-hydrogen) atoms. The van der Waals surface area contributed by atoms with Crippen molar-refractivity contribution in [3.63, 3.8) is 0 Å². The predicted molar refractivity (Wildman–Crippen MR) is 114 cm³/mol. The maximum absolute atomic E-state index is 12.9. The van der Waals surface area contributed by atoms with Gasteiger partial charge in [-0.1, -0.05) is 24.6 Å². The first-order valence-electron chi connectivity index (χ1n) is 9.81. The molecule has 1 aromatic carbocycles. The van der Waals surface area contributed by atoms with Crippen LogP contribution in [0.25, 0.3) is 0 Å². The summed E-state index contributed by atoms with van der Waals surface area (Å²) in [7, 11) is 0. The molecule has 0 saturated carbocycles. The van der Waals surface area contributed by atoms with Crippen LogP contribution in [0, 0.1) is 19.8 Å². The van der Waals surface area contributed by atoms with Gasteiger partial charge in [-0.25, -0.2) is 4.79 Å². The second-order valence-corrected chi connectivity index (χ2v) is 8.61. The summed E-state index contributed by atoms with van der Waals surface area (Å²) in [6, 6.07) is 5.62. The summed E-state index contributed by atoms with van der Waals surface area (Å²) in [5, 5.41) is 5.67. The fraction of sp³-hybridized carbons (Fsp3) is 0.409. The molecular weight excluding hydrogens is 388 g/mol. The van der Waals surface area contributed by atoms with Gasteiger partial charge >= 0.3 is 6.09 Å². The first-order chi connectivity index (χ1) is 13.8. The van der Waals surface area contributed by atoms with Crippen LogP contribution in [0.1, 0.15) is 62.6 Å². The molecule has 1 heterocycles. The van der Waals surface area contributed by atoms with E-state index in [4.69, 9.17) is 4.74 Å². The summed E-state index contributed by atoms with van der Waals surface area (Å²) in [5.74, 6) is -0.282. The van der Waals surface area contributed by atoms with Crippen molar-refractivity contribution in [2.45, 2.75) is 47.0 Å². The van der Waals surface area contributed by atoms with E-state index in [1.165, 1.54) is 11.3 Å². The first kappa shape index (κ1) is 21.0. The first-order valence-corrected chi connectivity index (χ1v) is 10.6. The third kappa shape index (κ3) is 4.67. The van der Waals surface area contributed by atoms with Crippen LogP contribution in [0.3, 0.4) is 0 Å². The summed E-state index contributed by atoms with van der Waals surface area (Å²) in [5.41, 5.74) is 3.81. The number of alkyl carbamates (subject to hydrolysis) is 1. The number of amides is 3. The molecular formula is C22H26N2O4S. The predicted octanol–water partition coefficient (Wildman–Crippen LogP) is 4.63. The Morgan fingerprint density at radius 1 is 1.21 bits per heavy atom. The zero-order valence-electron chi connectivity index (χ0n) is 17.2. The summed E-state index contributed by atoms with van der Waals surface area (Å²) < 4.78 is 4.83. The molecule has 0 radical (unpaired) electrons. The Kier molecular flexibility index (Phi) is 6.37. The molecule has 0 spiro atoms. The SMILES string of the molecule is CCOC(=O)NC(=O)c1c(NC(=O)c2ccc(C)cc2C)sc2c1CC[C@@H](C)C2. The molecule has 0 unspecified atom stereocenters. The Labute approximate surface area is 174 Å². The van der Waals surface area contributed by atoms with E-state index in [-0.39, 0.29) is 12.5 Å². The van der Waals surface area contributed by atoms with Crippen molar-refractivity contribution in [2.75, 3.05) is 11.9 Å². The van der Waals surface area contributed by atoms with Gasteiger partial charge < -0.3 is 10.1 Å². The monoisotopic (exact) mass is 414 g/mol. The fourth-order valence-corrected chi connectivity index (χ4v) is 5.04. The zero-order chi connectivity index (χ0) is 21.1. The quantitative estimate of drug-likeness (QED) is 0.764. The molecule has 1 aliphatic carbocycles. The number of ether oxygens (including phenoxy) is 1. The van der Waals surface area contributed by atoms with Gasteiger partial charge in [0.15, 0.2) is 0 Å². The maximum atomic E-state index is 12.9. The lowest BCUT2D eigenvalue weighted by Crippen LogP contribution is -2.32. The number of nitrogens with one attached hydrogen (secondary N) is 2. The zero-order valence-corrected chi connectivity index (χ0v) is 18.0. The molecule has 154 valence electrons. The number of benzene rings is 1. The number of hydrogen-bond donors (Lipinski definition) is 2. The normalized spacial score (nSPS) is 15.4. The number of thiophene rings is 1. The number of imide groups is 1. The molecule has 6 nitrogen and oxygen atoms in total. The average Bonchev–Trinajstić information content (AvgIpc) is 2.98. The Hall–Kier alpha value is -2.67. The highest BCUT2D eigenvalue weighted by atomic mass is 32.1. The molecule has 1 aliphatic rings. The van der Waals surface area contributed by atoms with E-state index in [0.29, 0.717) is 22.0 Å². The number of anilines is 1. The van der Waals surface area contributed by atoms with Crippen molar-refractivity contribution in [1.82, 2.24) is 5.32 Å². The van der Waals surface area contributed by atoms with Gasteiger partial charge in [-0.05, 0) is 63.1 Å². The van der Waals surface area contributed by atoms with Crippen LogP contribution in [-0.2, 0) is 17.6 Å². The topological polar surface area (TPSA) is 84.5 Å². The van der Waals surface area contributed by atoms with Crippen LogP contribution in [0.5, 0.6) is 0 Å². The van der Waals surface area contributed by atoms with Crippen molar-refractivity contribution in [2.24, 2.45) is 5.92 Å². The third-order valence-electron chi connectivity index (χ3n) is 5.08. The summed E-state index contributed by atoms with van der Waals surface area (Å²) in [6.07, 6.45) is 1.79. The van der Waals surface area contributed by atoms with Crippen LogP contribution in [-0.4, -0.2) is 24.5 Å². The summed E-state index contributed by atoms with van der Waals surface area (Å²) in [4.78, 5) is 38.6. The highest BCUT2D eigenvalue weighted by Gasteiger charge is 2.29. The standard InChI is InChI=1S/C22H26N2O4S/c1-5-28-22(27)24-20(26)18-16-9-7-13(3)11-17(16)29-21(18)23-19(25)15-8-6-12(2)10-14(15)4/h6,8,10,13H,5,7,9,11H2,1-4H3,(H,23,25)(H,24,26,27)/t13-/m1/s1. The van der Waals surface area contributed by atoms with E-state index in [0.717, 1.165) is 40.8 Å². The molecule has 0 aliphatic heterocycles. The Bertz CT molecular complexity index is 964. The second kappa shape index (κ2) is 8.78. The minimum atomic E-state index is -0.784. The van der Waals surface area contributed by atoms with Gasteiger partial charge in [0.05, 0.1) is 12.2 Å². The molecule has 3 amide bonds. The Morgan fingerprint density at radius 2 is 1.97 bits per heavy atom. The molecule has 0 saturated heterocycles. The highest BCUT2D eigenvalue weighted by molar-refractivity contribution is 7.17.